The van der Waals surface area contributed by atoms with Crippen molar-refractivity contribution in [3.05, 3.63) is 60.4 Å². The van der Waals surface area contributed by atoms with Crippen molar-refractivity contribution in [2.24, 2.45) is 0 Å². The molecule has 2 fully saturated rings. The molecule has 4 nitrogen and oxygen atoms in total. The van der Waals surface area contributed by atoms with Gasteiger partial charge in [0.15, 0.2) is 5.76 Å². The first-order chi connectivity index (χ1) is 13.8. The van der Waals surface area contributed by atoms with Crippen LogP contribution in [0.3, 0.4) is 0 Å². The number of furan rings is 1. The normalized spacial score (nSPS) is 29.7. The molecule has 1 aromatic heterocycles. The third-order valence-electron chi connectivity index (χ3n) is 7.03. The summed E-state index contributed by atoms with van der Waals surface area (Å²) in [6.45, 7) is 0. The van der Waals surface area contributed by atoms with Crippen molar-refractivity contribution in [3.63, 3.8) is 0 Å². The van der Waals surface area contributed by atoms with Crippen LogP contribution < -0.4 is 9.64 Å². The molecule has 0 N–H and O–H groups in total. The van der Waals surface area contributed by atoms with E-state index in [2.05, 4.69) is 59.3 Å². The van der Waals surface area contributed by atoms with Gasteiger partial charge in [-0.05, 0) is 57.0 Å². The monoisotopic (exact) mass is 374 g/mol. The lowest BCUT2D eigenvalue weighted by atomic mass is 9.81. The molecule has 0 aliphatic carbocycles. The van der Waals surface area contributed by atoms with E-state index in [1.165, 1.54) is 37.8 Å². The minimum absolute atomic E-state index is 0.182. The number of anilines is 1. The van der Waals surface area contributed by atoms with Gasteiger partial charge < -0.3 is 19.0 Å². The average Bonchev–Trinajstić information content (AvgIpc) is 3.29. The van der Waals surface area contributed by atoms with Crippen LogP contribution in [-0.2, 0) is 0 Å². The van der Waals surface area contributed by atoms with Gasteiger partial charge in [0.2, 0.25) is 6.23 Å². The van der Waals surface area contributed by atoms with Crippen LogP contribution in [0.4, 0.5) is 5.69 Å². The highest BCUT2D eigenvalue weighted by molar-refractivity contribution is 5.78. The van der Waals surface area contributed by atoms with Crippen LogP contribution in [0.2, 0.25) is 0 Å². The van der Waals surface area contributed by atoms with Gasteiger partial charge in [-0.1, -0.05) is 36.8 Å². The van der Waals surface area contributed by atoms with E-state index in [4.69, 9.17) is 9.15 Å². The SMILES string of the molecule is CN1C2CCCC1CC(N1c3ccccc3OC1c1cc3ccccc3o1)C2. The third kappa shape index (κ3) is 2.47. The summed E-state index contributed by atoms with van der Waals surface area (Å²) < 4.78 is 12.7. The van der Waals surface area contributed by atoms with E-state index in [0.29, 0.717) is 18.1 Å². The van der Waals surface area contributed by atoms with Crippen molar-refractivity contribution in [2.45, 2.75) is 56.5 Å². The van der Waals surface area contributed by atoms with Gasteiger partial charge in [-0.2, -0.15) is 0 Å². The smallest absolute Gasteiger partial charge is 0.231 e. The second-order valence-corrected chi connectivity index (χ2v) is 8.56. The van der Waals surface area contributed by atoms with Crippen LogP contribution >= 0.6 is 0 Å². The maximum Gasteiger partial charge on any atom is 0.231 e. The van der Waals surface area contributed by atoms with E-state index in [1.54, 1.807) is 0 Å². The summed E-state index contributed by atoms with van der Waals surface area (Å²) in [5.41, 5.74) is 2.14. The Morgan fingerprint density at radius 2 is 1.64 bits per heavy atom. The maximum absolute atomic E-state index is 6.46. The molecule has 28 heavy (non-hydrogen) atoms. The highest BCUT2D eigenvalue weighted by atomic mass is 16.5. The minimum atomic E-state index is -0.182. The van der Waals surface area contributed by atoms with Crippen molar-refractivity contribution >= 4 is 16.7 Å². The molecule has 3 aliphatic heterocycles. The first-order valence-electron chi connectivity index (χ1n) is 10.5. The van der Waals surface area contributed by atoms with Crippen LogP contribution in [0.15, 0.2) is 59.0 Å². The highest BCUT2D eigenvalue weighted by Crippen LogP contribution is 2.48. The summed E-state index contributed by atoms with van der Waals surface area (Å²) in [5, 5.41) is 1.14. The zero-order chi connectivity index (χ0) is 18.7. The fourth-order valence-electron chi connectivity index (χ4n) is 5.60. The van der Waals surface area contributed by atoms with E-state index >= 15 is 0 Å². The fourth-order valence-corrected chi connectivity index (χ4v) is 5.60. The first-order valence-corrected chi connectivity index (χ1v) is 10.5. The van der Waals surface area contributed by atoms with Crippen molar-refractivity contribution < 1.29 is 9.15 Å². The van der Waals surface area contributed by atoms with Crippen LogP contribution in [0.25, 0.3) is 11.0 Å². The topological polar surface area (TPSA) is 28.9 Å². The van der Waals surface area contributed by atoms with Crippen LogP contribution in [0.5, 0.6) is 5.75 Å². The molecule has 0 amide bonds. The molecular formula is C24H26N2O2. The number of ether oxygens (including phenoxy) is 1. The van der Waals surface area contributed by atoms with Gasteiger partial charge in [0.05, 0.1) is 5.69 Å². The number of para-hydroxylation sites is 3. The van der Waals surface area contributed by atoms with E-state index < -0.39 is 0 Å². The Bertz CT molecular complexity index is 966. The van der Waals surface area contributed by atoms with E-state index in [0.717, 1.165) is 22.5 Å². The summed E-state index contributed by atoms with van der Waals surface area (Å²) in [6, 6.07) is 20.7. The molecule has 2 saturated heterocycles. The zero-order valence-corrected chi connectivity index (χ0v) is 16.3. The van der Waals surface area contributed by atoms with Gasteiger partial charge >= 0.3 is 0 Å². The van der Waals surface area contributed by atoms with E-state index in [-0.39, 0.29) is 6.23 Å². The summed E-state index contributed by atoms with van der Waals surface area (Å²) in [4.78, 5) is 5.13. The second-order valence-electron chi connectivity index (χ2n) is 8.56. The van der Waals surface area contributed by atoms with Crippen molar-refractivity contribution in [3.8, 4) is 5.75 Å². The first kappa shape index (κ1) is 16.5. The average molecular weight is 374 g/mol. The molecule has 3 unspecified atom stereocenters. The Balaban J connectivity index is 1.41. The largest absolute Gasteiger partial charge is 0.461 e. The standard InChI is InChI=1S/C24H26N2O2/c1-25-17-8-6-9-18(25)15-19(14-17)26-20-10-3-5-12-22(20)28-24(26)23-13-16-7-2-4-11-21(16)27-23/h2-5,7,10-13,17-19,24H,6,8-9,14-15H2,1H3. The molecule has 6 rings (SSSR count). The number of hydrogen-bond acceptors (Lipinski definition) is 4. The number of piperidine rings is 2. The van der Waals surface area contributed by atoms with Crippen LogP contribution in [0.1, 0.15) is 44.1 Å². The Hall–Kier alpha value is -2.46. The van der Waals surface area contributed by atoms with Crippen molar-refractivity contribution in [1.29, 1.82) is 0 Å². The molecule has 2 bridgehead atoms. The molecule has 2 aromatic carbocycles. The van der Waals surface area contributed by atoms with E-state index in [9.17, 15) is 0 Å². The van der Waals surface area contributed by atoms with Crippen molar-refractivity contribution in [1.82, 2.24) is 4.90 Å². The molecule has 3 aliphatic rings. The van der Waals surface area contributed by atoms with Gasteiger partial charge in [-0.15, -0.1) is 0 Å². The van der Waals surface area contributed by atoms with Gasteiger partial charge in [0.25, 0.3) is 0 Å². The van der Waals surface area contributed by atoms with Gasteiger partial charge in [-0.3, -0.25) is 0 Å². The summed E-state index contributed by atoms with van der Waals surface area (Å²) >= 11 is 0. The summed E-state index contributed by atoms with van der Waals surface area (Å²) in [7, 11) is 2.32. The summed E-state index contributed by atoms with van der Waals surface area (Å²) in [5.74, 6) is 1.87. The van der Waals surface area contributed by atoms with Crippen molar-refractivity contribution in [2.75, 3.05) is 11.9 Å². The molecule has 0 saturated carbocycles. The molecule has 0 spiro atoms. The quantitative estimate of drug-likeness (QED) is 0.605. The maximum atomic E-state index is 6.46. The zero-order valence-electron chi connectivity index (χ0n) is 16.3. The van der Waals surface area contributed by atoms with Crippen LogP contribution in [0, 0.1) is 0 Å². The molecule has 144 valence electrons. The van der Waals surface area contributed by atoms with Gasteiger partial charge in [0.1, 0.15) is 11.3 Å². The molecule has 0 radical (unpaired) electrons. The Morgan fingerprint density at radius 1 is 0.893 bits per heavy atom. The molecular weight excluding hydrogens is 348 g/mol. The lowest BCUT2D eigenvalue weighted by molar-refractivity contribution is 0.0468. The Morgan fingerprint density at radius 3 is 2.46 bits per heavy atom. The Labute approximate surface area is 165 Å². The number of hydrogen-bond donors (Lipinski definition) is 0. The molecule has 3 atom stereocenters. The predicted molar refractivity (Wildman–Crippen MR) is 111 cm³/mol. The number of nitrogens with zero attached hydrogens (tertiary/aromatic N) is 2. The number of fused-ring (bicyclic) bond motifs is 4. The lowest BCUT2D eigenvalue weighted by Crippen LogP contribution is -2.55. The highest BCUT2D eigenvalue weighted by Gasteiger charge is 2.44. The molecule has 4 heteroatoms. The fraction of sp³-hybridized carbons (Fsp3) is 0.417. The number of rotatable bonds is 2. The molecule has 3 aromatic rings. The Kier molecular flexibility index (Phi) is 3.70. The summed E-state index contributed by atoms with van der Waals surface area (Å²) in [6.07, 6.45) is 6.21. The second kappa shape index (κ2) is 6.28. The van der Waals surface area contributed by atoms with Gasteiger partial charge in [0, 0.05) is 23.5 Å². The number of benzene rings is 2. The van der Waals surface area contributed by atoms with Gasteiger partial charge in [-0.25, -0.2) is 0 Å². The van der Waals surface area contributed by atoms with E-state index in [1.807, 2.05) is 12.1 Å². The molecule has 4 heterocycles. The van der Waals surface area contributed by atoms with Crippen LogP contribution in [-0.4, -0.2) is 30.1 Å². The predicted octanol–water partition coefficient (Wildman–Crippen LogP) is 5.35. The third-order valence-corrected chi connectivity index (χ3v) is 7.03. The minimum Gasteiger partial charge on any atom is -0.461 e. The lowest BCUT2D eigenvalue weighted by Gasteiger charge is -2.49.